The van der Waals surface area contributed by atoms with E-state index in [1.54, 1.807) is 7.05 Å². The minimum Gasteiger partial charge on any atom is -0.451 e. The van der Waals surface area contributed by atoms with Crippen LogP contribution in [0.5, 0.6) is 0 Å². The standard InChI is InChI=1S/C20H27ClF4N6O/c1-11-6-16(31(3)29-11)18(32)28-19(27-15-8-12(21)7-13(22)9-15)26-14-4-5-17(20(23,24)25)30(2)10-14/h7-9,11,14,16-17,31H,4-6,10H2,1-3H3,(H2,26,27,28,32). The van der Waals surface area contributed by atoms with Gasteiger partial charge in [-0.2, -0.15) is 13.2 Å². The maximum absolute atomic E-state index is 13.8. The molecule has 5 unspecified atom stereocenters. The predicted molar refractivity (Wildman–Crippen MR) is 114 cm³/mol. The number of halogens is 5. The number of aliphatic imine (C=N–C) groups is 1. The number of piperidine rings is 1. The number of likely N-dealkylation sites (tertiary alicyclic amines) is 1. The Bertz CT molecular complexity index is 847. The number of likely N-dealkylation sites (N-methyl/N-ethyl adjacent to an activating group) is 2. The maximum atomic E-state index is 13.8. The van der Waals surface area contributed by atoms with Crippen LogP contribution in [0.2, 0.25) is 5.02 Å². The van der Waals surface area contributed by atoms with Gasteiger partial charge in [0.25, 0.3) is 5.91 Å². The fourth-order valence-electron chi connectivity index (χ4n) is 4.18. The van der Waals surface area contributed by atoms with E-state index in [2.05, 4.69) is 21.1 Å². The molecule has 0 aromatic heterocycles. The molecule has 7 nitrogen and oxygen atoms in total. The van der Waals surface area contributed by atoms with Crippen LogP contribution >= 0.6 is 11.6 Å². The molecule has 0 radical (unpaired) electrons. The SMILES string of the molecule is CC1CC(C(=O)NC(=NC2CCC(C(F)(F)F)N(C)C2)Nc2cc(F)cc(Cl)c2)[NH+](C)[N-]1. The van der Waals surface area contributed by atoms with Gasteiger partial charge in [0.2, 0.25) is 5.96 Å². The van der Waals surface area contributed by atoms with Gasteiger partial charge in [-0.1, -0.05) is 24.6 Å². The Kier molecular flexibility index (Phi) is 7.64. The number of benzene rings is 1. The zero-order valence-electron chi connectivity index (χ0n) is 18.0. The van der Waals surface area contributed by atoms with Crippen molar-refractivity contribution >= 4 is 29.2 Å². The normalized spacial score (nSPS) is 29.8. The van der Waals surface area contributed by atoms with E-state index in [-0.39, 0.29) is 48.0 Å². The second-order valence-electron chi connectivity index (χ2n) is 8.39. The number of carbonyl (C=O) groups excluding carboxylic acids is 1. The summed E-state index contributed by atoms with van der Waals surface area (Å²) >= 11 is 5.91. The summed E-state index contributed by atoms with van der Waals surface area (Å²) in [7, 11) is 3.18. The first-order valence-electron chi connectivity index (χ1n) is 10.4. The molecule has 0 spiro atoms. The minimum atomic E-state index is -4.31. The number of alkyl halides is 3. The van der Waals surface area contributed by atoms with Crippen LogP contribution in [-0.4, -0.2) is 67.8 Å². The quantitative estimate of drug-likeness (QED) is 0.355. The third-order valence-electron chi connectivity index (χ3n) is 5.68. The number of anilines is 1. The molecule has 1 aromatic rings. The molecule has 1 amide bonds. The van der Waals surface area contributed by atoms with E-state index in [0.29, 0.717) is 11.4 Å². The molecule has 0 saturated carbocycles. The first-order chi connectivity index (χ1) is 14.9. The minimum absolute atomic E-state index is 0.0208. The van der Waals surface area contributed by atoms with Crippen LogP contribution in [0.3, 0.4) is 0 Å². The molecule has 1 aromatic carbocycles. The smallest absolute Gasteiger partial charge is 0.404 e. The topological polar surface area (TPSA) is 75.3 Å². The summed E-state index contributed by atoms with van der Waals surface area (Å²) < 4.78 is 53.2. The van der Waals surface area contributed by atoms with Gasteiger partial charge in [-0.05, 0) is 44.5 Å². The maximum Gasteiger partial charge on any atom is 0.404 e. The molecule has 2 aliphatic rings. The molecule has 0 bridgehead atoms. The van der Waals surface area contributed by atoms with E-state index in [4.69, 9.17) is 11.6 Å². The fourth-order valence-corrected chi connectivity index (χ4v) is 4.41. The summed E-state index contributed by atoms with van der Waals surface area (Å²) in [4.78, 5) is 18.5. The number of nitrogens with zero attached hydrogens (tertiary/aromatic N) is 3. The lowest BCUT2D eigenvalue weighted by Crippen LogP contribution is -3.08. The van der Waals surface area contributed by atoms with Crippen LogP contribution < -0.4 is 15.6 Å². The number of hydrogen-bond acceptors (Lipinski definition) is 3. The third kappa shape index (κ3) is 6.31. The Hall–Kier alpha value is -1.95. The van der Waals surface area contributed by atoms with Gasteiger partial charge in [-0.3, -0.25) is 15.0 Å². The third-order valence-corrected chi connectivity index (χ3v) is 5.90. The van der Waals surface area contributed by atoms with Crippen molar-refractivity contribution in [2.45, 2.75) is 56.5 Å². The summed E-state index contributed by atoms with van der Waals surface area (Å²) in [6.07, 6.45) is -3.67. The number of carbonyl (C=O) groups is 1. The van der Waals surface area contributed by atoms with E-state index >= 15 is 0 Å². The molecule has 2 fully saturated rings. The van der Waals surface area contributed by atoms with Crippen molar-refractivity contribution < 1.29 is 27.4 Å². The van der Waals surface area contributed by atoms with Crippen molar-refractivity contribution in [2.24, 2.45) is 4.99 Å². The van der Waals surface area contributed by atoms with E-state index in [9.17, 15) is 22.4 Å². The highest BCUT2D eigenvalue weighted by molar-refractivity contribution is 6.31. The molecular weight excluding hydrogens is 452 g/mol. The Morgan fingerprint density at radius 3 is 2.59 bits per heavy atom. The Morgan fingerprint density at radius 2 is 2.03 bits per heavy atom. The highest BCUT2D eigenvalue weighted by atomic mass is 35.5. The summed E-state index contributed by atoms with van der Waals surface area (Å²) in [5.74, 6) is -0.877. The number of amides is 1. The molecule has 2 heterocycles. The number of quaternary nitrogens is 1. The van der Waals surface area contributed by atoms with Gasteiger partial charge in [-0.25, -0.2) is 9.38 Å². The number of hydrogen-bond donors (Lipinski definition) is 3. The molecular formula is C20H27ClF4N6O. The second kappa shape index (κ2) is 9.90. The van der Waals surface area contributed by atoms with Crippen molar-refractivity contribution in [1.29, 1.82) is 0 Å². The lowest BCUT2D eigenvalue weighted by molar-refractivity contribution is -0.847. The van der Waals surface area contributed by atoms with Crippen LogP contribution in [0.4, 0.5) is 23.2 Å². The second-order valence-corrected chi connectivity index (χ2v) is 8.82. The van der Waals surface area contributed by atoms with Crippen LogP contribution in [0.15, 0.2) is 23.2 Å². The molecule has 0 aliphatic carbocycles. The summed E-state index contributed by atoms with van der Waals surface area (Å²) in [5.41, 5.74) is 4.64. The van der Waals surface area contributed by atoms with Gasteiger partial charge in [0.15, 0.2) is 6.04 Å². The summed E-state index contributed by atoms with van der Waals surface area (Å²) in [5, 5.41) is 6.42. The highest BCUT2D eigenvalue weighted by Gasteiger charge is 2.44. The van der Waals surface area contributed by atoms with Gasteiger partial charge in [0, 0.05) is 17.3 Å². The van der Waals surface area contributed by atoms with Gasteiger partial charge in [-0.15, -0.1) is 0 Å². The first kappa shape index (κ1) is 24.7. The average molecular weight is 479 g/mol. The molecule has 5 atom stereocenters. The van der Waals surface area contributed by atoms with Crippen LogP contribution in [-0.2, 0) is 4.79 Å². The molecule has 12 heteroatoms. The van der Waals surface area contributed by atoms with E-state index in [0.717, 1.165) is 6.07 Å². The molecule has 2 saturated heterocycles. The molecule has 3 rings (SSSR count). The predicted octanol–water partition coefficient (Wildman–Crippen LogP) is 2.35. The zero-order chi connectivity index (χ0) is 23.6. The number of rotatable bonds is 3. The fraction of sp³-hybridized carbons (Fsp3) is 0.600. The van der Waals surface area contributed by atoms with E-state index < -0.39 is 30.1 Å². The summed E-state index contributed by atoms with van der Waals surface area (Å²) in [6, 6.07) is 1.36. The van der Waals surface area contributed by atoms with Crippen LogP contribution in [0, 0.1) is 5.82 Å². The Morgan fingerprint density at radius 1 is 1.31 bits per heavy atom. The van der Waals surface area contributed by atoms with Crippen molar-refractivity contribution in [3.63, 3.8) is 0 Å². The number of guanidine groups is 1. The van der Waals surface area contributed by atoms with Crippen molar-refractivity contribution in [3.05, 3.63) is 34.5 Å². The van der Waals surface area contributed by atoms with Gasteiger partial charge in [0.05, 0.1) is 13.1 Å². The molecule has 3 N–H and O–H groups in total. The van der Waals surface area contributed by atoms with Crippen molar-refractivity contribution in [2.75, 3.05) is 26.0 Å². The lowest BCUT2D eigenvalue weighted by atomic mass is 9.99. The monoisotopic (exact) mass is 478 g/mol. The number of nitrogens with one attached hydrogen (secondary N) is 3. The van der Waals surface area contributed by atoms with Gasteiger partial charge < -0.3 is 15.8 Å². The molecule has 178 valence electrons. The zero-order valence-corrected chi connectivity index (χ0v) is 18.8. The van der Waals surface area contributed by atoms with Gasteiger partial charge >= 0.3 is 6.18 Å². The van der Waals surface area contributed by atoms with E-state index in [1.165, 1.54) is 24.1 Å². The van der Waals surface area contributed by atoms with Crippen LogP contribution in [0.25, 0.3) is 5.43 Å². The average Bonchev–Trinajstić information content (AvgIpc) is 2.98. The van der Waals surface area contributed by atoms with Crippen molar-refractivity contribution in [3.8, 4) is 0 Å². The largest absolute Gasteiger partial charge is 0.451 e. The van der Waals surface area contributed by atoms with Crippen molar-refractivity contribution in [1.82, 2.24) is 10.2 Å². The Balaban J connectivity index is 1.79. The molecule has 32 heavy (non-hydrogen) atoms. The van der Waals surface area contributed by atoms with Crippen LogP contribution in [0.1, 0.15) is 26.2 Å². The molecule has 2 aliphatic heterocycles. The lowest BCUT2D eigenvalue weighted by Gasteiger charge is -2.36. The van der Waals surface area contributed by atoms with E-state index in [1.807, 2.05) is 6.92 Å². The first-order valence-corrected chi connectivity index (χ1v) is 10.7. The van der Waals surface area contributed by atoms with Gasteiger partial charge in [0.1, 0.15) is 11.9 Å². The highest BCUT2D eigenvalue weighted by Crippen LogP contribution is 2.31. The summed E-state index contributed by atoms with van der Waals surface area (Å²) in [6.45, 7) is 1.98. The Labute approximate surface area is 189 Å².